The van der Waals surface area contributed by atoms with Gasteiger partial charge in [0.05, 0.1) is 18.1 Å². The predicted octanol–water partition coefficient (Wildman–Crippen LogP) is 2.17. The number of hydrogen-bond donors (Lipinski definition) is 1. The SMILES string of the molecule is COC1CC(CC(=O)O)N(C(=O)COc2cccc(C(F)(F)F)c2)C1. The molecule has 0 radical (unpaired) electrons. The van der Waals surface area contributed by atoms with Crippen LogP contribution in [-0.4, -0.2) is 54.3 Å². The summed E-state index contributed by atoms with van der Waals surface area (Å²) in [6.45, 7) is -0.257. The van der Waals surface area contributed by atoms with E-state index < -0.39 is 36.3 Å². The molecule has 6 nitrogen and oxygen atoms in total. The van der Waals surface area contributed by atoms with Crippen molar-refractivity contribution in [1.29, 1.82) is 0 Å². The number of amides is 1. The van der Waals surface area contributed by atoms with Crippen LogP contribution < -0.4 is 4.74 Å². The highest BCUT2D eigenvalue weighted by molar-refractivity contribution is 5.79. The van der Waals surface area contributed by atoms with Gasteiger partial charge in [-0.25, -0.2) is 0 Å². The van der Waals surface area contributed by atoms with Crippen molar-refractivity contribution in [1.82, 2.24) is 4.90 Å². The van der Waals surface area contributed by atoms with Gasteiger partial charge in [-0.1, -0.05) is 6.07 Å². The topological polar surface area (TPSA) is 76.1 Å². The van der Waals surface area contributed by atoms with E-state index in [1.807, 2.05) is 0 Å². The molecular formula is C16H18F3NO5. The molecule has 9 heteroatoms. The Morgan fingerprint density at radius 3 is 2.68 bits per heavy atom. The highest BCUT2D eigenvalue weighted by Gasteiger charge is 2.36. The molecule has 1 N–H and O–H groups in total. The molecule has 0 aromatic heterocycles. The number of carboxylic acids is 1. The van der Waals surface area contributed by atoms with Gasteiger partial charge in [0.15, 0.2) is 6.61 Å². The van der Waals surface area contributed by atoms with Gasteiger partial charge in [0.1, 0.15) is 5.75 Å². The maximum Gasteiger partial charge on any atom is 0.416 e. The maximum atomic E-state index is 12.7. The van der Waals surface area contributed by atoms with E-state index in [-0.39, 0.29) is 24.8 Å². The number of ether oxygens (including phenoxy) is 2. The second-order valence-electron chi connectivity index (χ2n) is 5.71. The largest absolute Gasteiger partial charge is 0.484 e. The Kier molecular flexibility index (Phi) is 5.89. The van der Waals surface area contributed by atoms with Crippen LogP contribution in [0.2, 0.25) is 0 Å². The normalized spacial score (nSPS) is 20.6. The van der Waals surface area contributed by atoms with E-state index in [1.165, 1.54) is 24.1 Å². The second kappa shape index (κ2) is 7.73. The Balaban J connectivity index is 2.00. The fourth-order valence-corrected chi connectivity index (χ4v) is 2.74. The first-order chi connectivity index (χ1) is 11.7. The van der Waals surface area contributed by atoms with Crippen LogP contribution in [0.4, 0.5) is 13.2 Å². The summed E-state index contributed by atoms with van der Waals surface area (Å²) >= 11 is 0. The number of methoxy groups -OCH3 is 1. The molecule has 1 amide bonds. The zero-order valence-electron chi connectivity index (χ0n) is 13.5. The Bertz CT molecular complexity index is 634. The van der Waals surface area contributed by atoms with E-state index in [0.29, 0.717) is 6.42 Å². The molecule has 0 saturated carbocycles. The first-order valence-corrected chi connectivity index (χ1v) is 7.55. The third-order valence-electron chi connectivity index (χ3n) is 3.96. The van der Waals surface area contributed by atoms with E-state index >= 15 is 0 Å². The minimum atomic E-state index is -4.50. The summed E-state index contributed by atoms with van der Waals surface area (Å²) in [4.78, 5) is 24.5. The molecule has 1 aromatic rings. The lowest BCUT2D eigenvalue weighted by atomic mass is 10.1. The van der Waals surface area contributed by atoms with Gasteiger partial charge in [0.25, 0.3) is 5.91 Å². The zero-order valence-corrected chi connectivity index (χ0v) is 13.5. The Morgan fingerprint density at radius 1 is 1.36 bits per heavy atom. The molecule has 2 atom stereocenters. The van der Waals surface area contributed by atoms with Gasteiger partial charge in [-0.2, -0.15) is 13.2 Å². The molecule has 138 valence electrons. The lowest BCUT2D eigenvalue weighted by molar-refractivity contribution is -0.140. The monoisotopic (exact) mass is 361 g/mol. The number of benzene rings is 1. The van der Waals surface area contributed by atoms with E-state index in [0.717, 1.165) is 12.1 Å². The highest BCUT2D eigenvalue weighted by atomic mass is 19.4. The lowest BCUT2D eigenvalue weighted by Gasteiger charge is -2.23. The van der Waals surface area contributed by atoms with Crippen LogP contribution in [0.3, 0.4) is 0 Å². The van der Waals surface area contributed by atoms with Crippen LogP contribution in [0.5, 0.6) is 5.75 Å². The van der Waals surface area contributed by atoms with Crippen molar-refractivity contribution in [2.75, 3.05) is 20.3 Å². The number of nitrogens with zero attached hydrogens (tertiary/aromatic N) is 1. The maximum absolute atomic E-state index is 12.7. The summed E-state index contributed by atoms with van der Waals surface area (Å²) in [5.41, 5.74) is -0.873. The molecule has 0 spiro atoms. The number of carbonyl (C=O) groups excluding carboxylic acids is 1. The third kappa shape index (κ3) is 5.09. The number of rotatable bonds is 6. The summed E-state index contributed by atoms with van der Waals surface area (Å²) < 4.78 is 48.3. The van der Waals surface area contributed by atoms with Crippen molar-refractivity contribution in [3.63, 3.8) is 0 Å². The number of aliphatic carboxylic acids is 1. The van der Waals surface area contributed by atoms with Crippen molar-refractivity contribution in [3.05, 3.63) is 29.8 Å². The second-order valence-corrected chi connectivity index (χ2v) is 5.71. The molecule has 1 fully saturated rings. The quantitative estimate of drug-likeness (QED) is 0.841. The lowest BCUT2D eigenvalue weighted by Crippen LogP contribution is -2.40. The number of halogens is 3. The van der Waals surface area contributed by atoms with E-state index in [4.69, 9.17) is 14.6 Å². The van der Waals surface area contributed by atoms with Gasteiger partial charge < -0.3 is 19.5 Å². The average molecular weight is 361 g/mol. The van der Waals surface area contributed by atoms with Crippen LogP contribution in [-0.2, 0) is 20.5 Å². The van der Waals surface area contributed by atoms with Gasteiger partial charge in [0, 0.05) is 19.7 Å². The first kappa shape index (κ1) is 19.0. The van der Waals surface area contributed by atoms with Crippen LogP contribution in [0.15, 0.2) is 24.3 Å². The smallest absolute Gasteiger partial charge is 0.416 e. The summed E-state index contributed by atoms with van der Waals surface area (Å²) in [5.74, 6) is -1.62. The highest BCUT2D eigenvalue weighted by Crippen LogP contribution is 2.31. The van der Waals surface area contributed by atoms with Gasteiger partial charge in [-0.05, 0) is 24.6 Å². The number of hydrogen-bond acceptors (Lipinski definition) is 4. The number of likely N-dealkylation sites (tertiary alicyclic amines) is 1. The molecule has 1 heterocycles. The van der Waals surface area contributed by atoms with Gasteiger partial charge in [-0.15, -0.1) is 0 Å². The Hall–Kier alpha value is -2.29. The number of carboxylic acid groups (broad SMARTS) is 1. The van der Waals surface area contributed by atoms with Crippen molar-refractivity contribution in [3.8, 4) is 5.75 Å². The minimum absolute atomic E-state index is 0.0829. The van der Waals surface area contributed by atoms with Crippen LogP contribution in [0.25, 0.3) is 0 Å². The van der Waals surface area contributed by atoms with Crippen LogP contribution in [0.1, 0.15) is 18.4 Å². The predicted molar refractivity (Wildman–Crippen MR) is 80.1 cm³/mol. The molecule has 25 heavy (non-hydrogen) atoms. The fraction of sp³-hybridized carbons (Fsp3) is 0.500. The van der Waals surface area contributed by atoms with Gasteiger partial charge >= 0.3 is 12.1 Å². The summed E-state index contributed by atoms with van der Waals surface area (Å²) in [6, 6.07) is 3.69. The molecule has 1 aliphatic rings. The molecule has 0 aliphatic carbocycles. The van der Waals surface area contributed by atoms with Crippen LogP contribution in [0, 0.1) is 0 Å². The average Bonchev–Trinajstić information content (AvgIpc) is 2.94. The summed E-state index contributed by atoms with van der Waals surface area (Å²) in [5, 5.41) is 8.93. The summed E-state index contributed by atoms with van der Waals surface area (Å²) in [7, 11) is 1.47. The van der Waals surface area contributed by atoms with Crippen LogP contribution >= 0.6 is 0 Å². The molecular weight excluding hydrogens is 343 g/mol. The standard InChI is InChI=1S/C16H18F3NO5/c1-24-13-6-11(7-15(22)23)20(8-13)14(21)9-25-12-4-2-3-10(5-12)16(17,18)19/h2-5,11,13H,6-9H2,1H3,(H,22,23). The van der Waals surface area contributed by atoms with Crippen molar-refractivity contribution in [2.24, 2.45) is 0 Å². The third-order valence-corrected chi connectivity index (χ3v) is 3.96. The van der Waals surface area contributed by atoms with E-state index in [1.54, 1.807) is 0 Å². The molecule has 0 bridgehead atoms. The molecule has 2 rings (SSSR count). The molecule has 2 unspecified atom stereocenters. The van der Waals surface area contributed by atoms with E-state index in [9.17, 15) is 22.8 Å². The zero-order chi connectivity index (χ0) is 18.6. The minimum Gasteiger partial charge on any atom is -0.484 e. The number of carbonyl (C=O) groups is 2. The molecule has 1 aliphatic heterocycles. The summed E-state index contributed by atoms with van der Waals surface area (Å²) in [6.07, 6.45) is -4.62. The van der Waals surface area contributed by atoms with Crippen molar-refractivity contribution in [2.45, 2.75) is 31.2 Å². The van der Waals surface area contributed by atoms with E-state index in [2.05, 4.69) is 0 Å². The fourth-order valence-electron chi connectivity index (χ4n) is 2.74. The number of alkyl halides is 3. The van der Waals surface area contributed by atoms with Crippen molar-refractivity contribution < 1.29 is 37.3 Å². The Labute approximate surface area is 142 Å². The van der Waals surface area contributed by atoms with Gasteiger partial charge in [-0.3, -0.25) is 9.59 Å². The Morgan fingerprint density at radius 2 is 2.08 bits per heavy atom. The molecule has 1 saturated heterocycles. The van der Waals surface area contributed by atoms with Gasteiger partial charge in [0.2, 0.25) is 0 Å². The van der Waals surface area contributed by atoms with Crippen molar-refractivity contribution >= 4 is 11.9 Å². The first-order valence-electron chi connectivity index (χ1n) is 7.55. The molecule has 1 aromatic carbocycles.